The van der Waals surface area contributed by atoms with Crippen molar-refractivity contribution >= 4 is 12.0 Å². The number of hydrogen-bond acceptors (Lipinski definition) is 3. The second-order valence-electron chi connectivity index (χ2n) is 6.69. The van der Waals surface area contributed by atoms with Crippen molar-refractivity contribution in [3.63, 3.8) is 0 Å². The molecule has 2 N–H and O–H groups in total. The molecule has 0 radical (unpaired) electrons. The number of rotatable bonds is 8. The standard InChI is InChI=1S/C20H24F2N2O3/c1-2-9-27-19(25)18(12-15-10-16(21)13-17(22)11-15)24-20(26)23-8-7-14-5-3-4-6-14/h1,10-11,13-14,18H,3-9,12H2,(H2,23,24,26)/t18-/m0/s1. The van der Waals surface area contributed by atoms with Crippen molar-refractivity contribution in [3.05, 3.63) is 35.4 Å². The highest BCUT2D eigenvalue weighted by Crippen LogP contribution is 2.26. The minimum Gasteiger partial charge on any atom is -0.451 e. The molecule has 5 nitrogen and oxygen atoms in total. The van der Waals surface area contributed by atoms with Crippen molar-refractivity contribution < 1.29 is 23.1 Å². The van der Waals surface area contributed by atoms with Gasteiger partial charge in [-0.25, -0.2) is 18.4 Å². The molecule has 0 heterocycles. The molecule has 1 aromatic rings. The smallest absolute Gasteiger partial charge is 0.330 e. The van der Waals surface area contributed by atoms with Crippen molar-refractivity contribution in [2.75, 3.05) is 13.2 Å². The lowest BCUT2D eigenvalue weighted by molar-refractivity contribution is -0.144. The fourth-order valence-electron chi connectivity index (χ4n) is 3.27. The number of halogens is 2. The van der Waals surface area contributed by atoms with E-state index in [9.17, 15) is 18.4 Å². The molecule has 1 atom stereocenters. The highest BCUT2D eigenvalue weighted by atomic mass is 19.1. The molecule has 2 amide bonds. The fourth-order valence-corrected chi connectivity index (χ4v) is 3.27. The first-order valence-electron chi connectivity index (χ1n) is 9.07. The first-order chi connectivity index (χ1) is 13.0. The molecule has 1 aliphatic carbocycles. The maximum absolute atomic E-state index is 13.4. The minimum absolute atomic E-state index is 0.117. The Morgan fingerprint density at radius 2 is 1.89 bits per heavy atom. The van der Waals surface area contributed by atoms with Gasteiger partial charge < -0.3 is 15.4 Å². The molecule has 2 rings (SSSR count). The lowest BCUT2D eigenvalue weighted by atomic mass is 10.0. The molecular weight excluding hydrogens is 354 g/mol. The number of urea groups is 1. The summed E-state index contributed by atoms with van der Waals surface area (Å²) in [6.07, 6.45) is 10.6. The summed E-state index contributed by atoms with van der Waals surface area (Å²) in [6.45, 7) is 0.245. The van der Waals surface area contributed by atoms with E-state index < -0.39 is 29.7 Å². The zero-order chi connectivity index (χ0) is 19.6. The molecule has 0 spiro atoms. The van der Waals surface area contributed by atoms with Crippen molar-refractivity contribution in [1.82, 2.24) is 10.6 Å². The van der Waals surface area contributed by atoms with Crippen molar-refractivity contribution in [2.45, 2.75) is 44.6 Å². The normalized spacial score (nSPS) is 15.0. The van der Waals surface area contributed by atoms with E-state index in [-0.39, 0.29) is 18.6 Å². The van der Waals surface area contributed by atoms with E-state index in [1.165, 1.54) is 25.7 Å². The number of carbonyl (C=O) groups is 2. The highest BCUT2D eigenvalue weighted by molar-refractivity contribution is 5.83. The molecule has 27 heavy (non-hydrogen) atoms. The minimum atomic E-state index is -1.11. The third kappa shape index (κ3) is 7.26. The Balaban J connectivity index is 1.93. The van der Waals surface area contributed by atoms with Crippen LogP contribution in [0, 0.1) is 29.9 Å². The topological polar surface area (TPSA) is 67.4 Å². The summed E-state index contributed by atoms with van der Waals surface area (Å²) in [7, 11) is 0. The zero-order valence-electron chi connectivity index (χ0n) is 15.1. The number of nitrogens with one attached hydrogen (secondary N) is 2. The van der Waals surface area contributed by atoms with Gasteiger partial charge in [0.05, 0.1) is 0 Å². The SMILES string of the molecule is C#CCOC(=O)[C@H](Cc1cc(F)cc(F)c1)NC(=O)NCCC1CCCC1. The predicted octanol–water partition coefficient (Wildman–Crippen LogP) is 2.93. The second kappa shape index (κ2) is 10.5. The molecule has 0 bridgehead atoms. The van der Waals surface area contributed by atoms with Gasteiger partial charge in [-0.2, -0.15) is 0 Å². The van der Waals surface area contributed by atoms with Crippen molar-refractivity contribution in [1.29, 1.82) is 0 Å². The van der Waals surface area contributed by atoms with Gasteiger partial charge in [-0.05, 0) is 30.0 Å². The van der Waals surface area contributed by atoms with Gasteiger partial charge in [-0.1, -0.05) is 31.6 Å². The van der Waals surface area contributed by atoms with Crippen LogP contribution in [-0.2, 0) is 16.0 Å². The molecule has 1 fully saturated rings. The molecule has 7 heteroatoms. The average Bonchev–Trinajstić information content (AvgIpc) is 3.11. The van der Waals surface area contributed by atoms with E-state index in [1.807, 2.05) is 0 Å². The molecule has 146 valence electrons. The molecule has 0 unspecified atom stereocenters. The summed E-state index contributed by atoms with van der Waals surface area (Å²) >= 11 is 0. The molecule has 1 saturated carbocycles. The Labute approximate surface area is 157 Å². The Hall–Kier alpha value is -2.62. The number of terminal acetylenes is 1. The molecule has 1 aromatic carbocycles. The summed E-state index contributed by atoms with van der Waals surface area (Å²) in [6, 6.07) is 1.30. The molecule has 0 aromatic heterocycles. The number of ether oxygens (including phenoxy) is 1. The lowest BCUT2D eigenvalue weighted by Gasteiger charge is -2.18. The van der Waals surface area contributed by atoms with Gasteiger partial charge in [0, 0.05) is 19.0 Å². The maximum Gasteiger partial charge on any atom is 0.330 e. The van der Waals surface area contributed by atoms with Gasteiger partial charge in [0.1, 0.15) is 17.7 Å². The fraction of sp³-hybridized carbons (Fsp3) is 0.500. The highest BCUT2D eigenvalue weighted by Gasteiger charge is 2.23. The Kier molecular flexibility index (Phi) is 8.05. The van der Waals surface area contributed by atoms with E-state index >= 15 is 0 Å². The van der Waals surface area contributed by atoms with E-state index in [1.54, 1.807) is 0 Å². The van der Waals surface area contributed by atoms with Crippen LogP contribution < -0.4 is 10.6 Å². The van der Waals surface area contributed by atoms with Gasteiger partial charge in [0.25, 0.3) is 0 Å². The third-order valence-electron chi connectivity index (χ3n) is 4.56. The largest absolute Gasteiger partial charge is 0.451 e. The van der Waals surface area contributed by atoms with E-state index in [0.29, 0.717) is 12.5 Å². The van der Waals surface area contributed by atoms with Gasteiger partial charge in [0.2, 0.25) is 0 Å². The van der Waals surface area contributed by atoms with Gasteiger partial charge in [-0.15, -0.1) is 6.42 Å². The van der Waals surface area contributed by atoms with Crippen LogP contribution in [0.25, 0.3) is 0 Å². The Morgan fingerprint density at radius 1 is 1.22 bits per heavy atom. The lowest BCUT2D eigenvalue weighted by Crippen LogP contribution is -2.48. The number of amides is 2. The Bertz CT molecular complexity index is 677. The van der Waals surface area contributed by atoms with Crippen LogP contribution in [0.4, 0.5) is 13.6 Å². The van der Waals surface area contributed by atoms with Crippen LogP contribution in [0.15, 0.2) is 18.2 Å². The maximum atomic E-state index is 13.4. The number of hydrogen-bond donors (Lipinski definition) is 2. The molecule has 1 aliphatic rings. The summed E-state index contributed by atoms with van der Waals surface area (Å²) in [5.41, 5.74) is 0.224. The van der Waals surface area contributed by atoms with Crippen molar-refractivity contribution in [2.24, 2.45) is 5.92 Å². The number of carbonyl (C=O) groups excluding carboxylic acids is 2. The first kappa shape index (κ1) is 20.7. The van der Waals surface area contributed by atoms with Gasteiger partial charge in [-0.3, -0.25) is 0 Å². The van der Waals surface area contributed by atoms with E-state index in [0.717, 1.165) is 24.6 Å². The van der Waals surface area contributed by atoms with Crippen LogP contribution in [0.3, 0.4) is 0 Å². The number of esters is 1. The monoisotopic (exact) mass is 378 g/mol. The summed E-state index contributed by atoms with van der Waals surface area (Å²) in [5.74, 6) is 0.500. The summed E-state index contributed by atoms with van der Waals surface area (Å²) in [5, 5.41) is 5.21. The summed E-state index contributed by atoms with van der Waals surface area (Å²) < 4.78 is 31.6. The van der Waals surface area contributed by atoms with Crippen LogP contribution in [-0.4, -0.2) is 31.2 Å². The van der Waals surface area contributed by atoms with Crippen molar-refractivity contribution in [3.8, 4) is 12.3 Å². The van der Waals surface area contributed by atoms with Gasteiger partial charge in [0.15, 0.2) is 6.61 Å². The van der Waals surface area contributed by atoms with Crippen LogP contribution in [0.1, 0.15) is 37.7 Å². The first-order valence-corrected chi connectivity index (χ1v) is 9.07. The zero-order valence-corrected chi connectivity index (χ0v) is 15.1. The average molecular weight is 378 g/mol. The molecular formula is C20H24F2N2O3. The van der Waals surface area contributed by atoms with E-state index in [4.69, 9.17) is 11.2 Å². The second-order valence-corrected chi connectivity index (χ2v) is 6.69. The molecule has 0 saturated heterocycles. The van der Waals surface area contributed by atoms with Crippen LogP contribution >= 0.6 is 0 Å². The third-order valence-corrected chi connectivity index (χ3v) is 4.56. The summed E-state index contributed by atoms with van der Waals surface area (Å²) in [4.78, 5) is 24.3. The molecule has 0 aliphatic heterocycles. The van der Waals surface area contributed by atoms with E-state index in [2.05, 4.69) is 16.6 Å². The quantitative estimate of drug-likeness (QED) is 0.540. The van der Waals surface area contributed by atoms with Gasteiger partial charge >= 0.3 is 12.0 Å². The van der Waals surface area contributed by atoms with Crippen LogP contribution in [0.2, 0.25) is 0 Å². The number of benzene rings is 1. The Morgan fingerprint density at radius 3 is 2.52 bits per heavy atom. The van der Waals surface area contributed by atoms with Crippen LogP contribution in [0.5, 0.6) is 0 Å². The predicted molar refractivity (Wildman–Crippen MR) is 96.8 cm³/mol.